The van der Waals surface area contributed by atoms with Crippen molar-refractivity contribution in [2.45, 2.75) is 31.5 Å². The van der Waals surface area contributed by atoms with Crippen LogP contribution in [0.15, 0.2) is 67.9 Å². The van der Waals surface area contributed by atoms with Crippen molar-refractivity contribution in [1.29, 1.82) is 0 Å². The molecule has 0 aromatic heterocycles. The lowest BCUT2D eigenvalue weighted by molar-refractivity contribution is -0.126. The minimum absolute atomic E-state index is 0.0505. The van der Waals surface area contributed by atoms with Crippen LogP contribution in [0.25, 0.3) is 0 Å². The monoisotopic (exact) mass is 459 g/mol. The molecule has 1 amide bonds. The van der Waals surface area contributed by atoms with Gasteiger partial charge in [0.25, 0.3) is 5.91 Å². The second-order valence-corrected chi connectivity index (χ2v) is 8.34. The molecule has 3 atom stereocenters. The molecule has 0 saturated carbocycles. The molecule has 9 nitrogen and oxygen atoms in total. The molecular formula is C22H26ClN5O4. The third-order valence-electron chi connectivity index (χ3n) is 5.84. The number of carbonyl (C=O) groups excluding carboxylic acids is 1. The zero-order chi connectivity index (χ0) is 22.7. The Morgan fingerprint density at radius 3 is 3.03 bits per heavy atom. The van der Waals surface area contributed by atoms with Gasteiger partial charge in [-0.3, -0.25) is 4.79 Å². The van der Waals surface area contributed by atoms with Crippen molar-refractivity contribution in [1.82, 2.24) is 15.5 Å². The SMILES string of the molecule is CNC1CN(C(=O)C2=CC=CCC=C2OC2COC[C@@H]2N=O)C/C1=C1\N=CC(Cl)=C(C)N1. The molecule has 0 aromatic carbocycles. The first-order chi connectivity index (χ1) is 15.5. The van der Waals surface area contributed by atoms with Crippen LogP contribution in [0.2, 0.25) is 0 Å². The van der Waals surface area contributed by atoms with E-state index >= 15 is 0 Å². The van der Waals surface area contributed by atoms with Gasteiger partial charge >= 0.3 is 0 Å². The van der Waals surface area contributed by atoms with E-state index in [4.69, 9.17) is 21.1 Å². The molecule has 10 heteroatoms. The molecule has 4 rings (SSSR count). The number of amides is 1. The Morgan fingerprint density at radius 1 is 1.44 bits per heavy atom. The van der Waals surface area contributed by atoms with Crippen molar-refractivity contribution in [3.63, 3.8) is 0 Å². The largest absolute Gasteiger partial charge is 0.485 e. The number of likely N-dealkylation sites (N-methyl/N-ethyl adjacent to an activating group) is 1. The van der Waals surface area contributed by atoms with E-state index in [1.807, 2.05) is 32.2 Å². The third kappa shape index (κ3) is 4.55. The average Bonchev–Trinajstić information content (AvgIpc) is 3.37. The second kappa shape index (κ2) is 9.81. The molecule has 1 aliphatic carbocycles. The van der Waals surface area contributed by atoms with Gasteiger partial charge in [0.15, 0.2) is 6.04 Å². The maximum atomic E-state index is 13.5. The van der Waals surface area contributed by atoms with Gasteiger partial charge in [0.1, 0.15) is 17.7 Å². The van der Waals surface area contributed by atoms with Crippen LogP contribution in [0.1, 0.15) is 13.3 Å². The minimum Gasteiger partial charge on any atom is -0.485 e. The van der Waals surface area contributed by atoms with Crippen molar-refractivity contribution in [3.05, 3.63) is 62.7 Å². The number of nitrogens with one attached hydrogen (secondary N) is 2. The van der Waals surface area contributed by atoms with E-state index in [-0.39, 0.29) is 25.2 Å². The zero-order valence-electron chi connectivity index (χ0n) is 18.0. The standard InChI is InChI=1S/C22H26ClN5O4/c1-13-16(23)8-25-21(26-13)15-9-28(10-17(15)24-2)22(29)14-6-4-3-5-7-19(14)32-20-12-31-11-18(20)27-30/h3-4,6-8,17-18,20,24,26H,5,9-12H2,1-2H3/b21-15-/t17?,18-,20?/m0/s1. The Labute approximate surface area is 191 Å². The number of halogens is 1. The van der Waals surface area contributed by atoms with E-state index in [0.29, 0.717) is 41.7 Å². The van der Waals surface area contributed by atoms with Crippen LogP contribution in [0.3, 0.4) is 0 Å². The van der Waals surface area contributed by atoms with Crippen molar-refractivity contribution in [3.8, 4) is 0 Å². The van der Waals surface area contributed by atoms with Crippen molar-refractivity contribution >= 4 is 23.7 Å². The summed E-state index contributed by atoms with van der Waals surface area (Å²) in [5.41, 5.74) is 2.23. The van der Waals surface area contributed by atoms with E-state index in [1.165, 1.54) is 0 Å². The highest BCUT2D eigenvalue weighted by Gasteiger charge is 2.37. The highest BCUT2D eigenvalue weighted by Crippen LogP contribution is 2.28. The summed E-state index contributed by atoms with van der Waals surface area (Å²) < 4.78 is 11.4. The summed E-state index contributed by atoms with van der Waals surface area (Å²) in [5.74, 6) is 0.996. The van der Waals surface area contributed by atoms with Gasteiger partial charge in [-0.05, 0) is 32.5 Å². The lowest BCUT2D eigenvalue weighted by Gasteiger charge is -2.22. The van der Waals surface area contributed by atoms with Crippen LogP contribution < -0.4 is 10.6 Å². The molecule has 32 heavy (non-hydrogen) atoms. The lowest BCUT2D eigenvalue weighted by atomic mass is 10.1. The van der Waals surface area contributed by atoms with Crippen LogP contribution in [-0.4, -0.2) is 68.6 Å². The topological polar surface area (TPSA) is 105 Å². The van der Waals surface area contributed by atoms with E-state index in [2.05, 4.69) is 20.8 Å². The molecule has 2 fully saturated rings. The van der Waals surface area contributed by atoms with Crippen LogP contribution in [0.4, 0.5) is 0 Å². The molecule has 3 heterocycles. The number of aliphatic imine (C=N–C) groups is 1. The number of hydrogen-bond donors (Lipinski definition) is 2. The number of ether oxygens (including phenoxy) is 2. The first kappa shape index (κ1) is 22.4. The molecule has 4 aliphatic rings. The Hall–Kier alpha value is -2.75. The average molecular weight is 460 g/mol. The zero-order valence-corrected chi connectivity index (χ0v) is 18.8. The summed E-state index contributed by atoms with van der Waals surface area (Å²) in [7, 11) is 1.86. The number of hydrogen-bond acceptors (Lipinski definition) is 8. The summed E-state index contributed by atoms with van der Waals surface area (Å²) >= 11 is 6.11. The third-order valence-corrected chi connectivity index (χ3v) is 6.22. The number of carbonyl (C=O) groups is 1. The molecule has 2 saturated heterocycles. The smallest absolute Gasteiger partial charge is 0.257 e. The first-order valence-corrected chi connectivity index (χ1v) is 10.9. The minimum atomic E-state index is -0.585. The Balaban J connectivity index is 1.55. The number of nitrogens with zero attached hydrogens (tertiary/aromatic N) is 3. The van der Waals surface area contributed by atoms with Gasteiger partial charge < -0.3 is 25.0 Å². The predicted molar refractivity (Wildman–Crippen MR) is 122 cm³/mol. The van der Waals surface area contributed by atoms with Gasteiger partial charge in [-0.1, -0.05) is 28.9 Å². The predicted octanol–water partition coefficient (Wildman–Crippen LogP) is 2.09. The van der Waals surface area contributed by atoms with Crippen LogP contribution in [0, 0.1) is 4.91 Å². The first-order valence-electron chi connectivity index (χ1n) is 10.5. The highest BCUT2D eigenvalue weighted by molar-refractivity contribution is 6.39. The van der Waals surface area contributed by atoms with Gasteiger partial charge in [-0.25, -0.2) is 4.99 Å². The van der Waals surface area contributed by atoms with Crippen LogP contribution in [0.5, 0.6) is 0 Å². The van der Waals surface area contributed by atoms with Gasteiger partial charge in [0.2, 0.25) is 0 Å². The Bertz CT molecular complexity index is 981. The van der Waals surface area contributed by atoms with E-state index in [0.717, 1.165) is 11.3 Å². The van der Waals surface area contributed by atoms with Crippen molar-refractivity contribution < 1.29 is 14.3 Å². The molecule has 0 aromatic rings. The maximum absolute atomic E-state index is 13.5. The molecular weight excluding hydrogens is 434 g/mol. The molecule has 3 aliphatic heterocycles. The summed E-state index contributed by atoms with van der Waals surface area (Å²) in [6.45, 7) is 3.27. The number of allylic oxidation sites excluding steroid dienone is 6. The van der Waals surface area contributed by atoms with Crippen molar-refractivity contribution in [2.24, 2.45) is 10.2 Å². The summed E-state index contributed by atoms with van der Waals surface area (Å²) in [4.78, 5) is 30.8. The fourth-order valence-electron chi connectivity index (χ4n) is 3.99. The fraction of sp³-hybridized carbons (Fsp3) is 0.455. The number of rotatable bonds is 5. The highest BCUT2D eigenvalue weighted by atomic mass is 35.5. The van der Waals surface area contributed by atoms with Crippen molar-refractivity contribution in [2.75, 3.05) is 33.4 Å². The summed E-state index contributed by atoms with van der Waals surface area (Å²) in [5, 5.41) is 10.1. The van der Waals surface area contributed by atoms with Crippen LogP contribution in [-0.2, 0) is 14.3 Å². The summed E-state index contributed by atoms with van der Waals surface area (Å²) in [6, 6.07) is -0.635. The van der Waals surface area contributed by atoms with Crippen LogP contribution >= 0.6 is 11.6 Å². The normalized spacial score (nSPS) is 30.1. The quantitative estimate of drug-likeness (QED) is 0.610. The van der Waals surface area contributed by atoms with Gasteiger partial charge in [0.05, 0.1) is 29.9 Å². The van der Waals surface area contributed by atoms with Gasteiger partial charge in [-0.2, -0.15) is 4.91 Å². The lowest BCUT2D eigenvalue weighted by Crippen LogP contribution is -2.35. The molecule has 0 radical (unpaired) electrons. The van der Waals surface area contributed by atoms with E-state index < -0.39 is 12.1 Å². The van der Waals surface area contributed by atoms with Gasteiger partial charge in [-0.15, -0.1) is 0 Å². The molecule has 0 spiro atoms. The molecule has 2 N–H and O–H groups in total. The fourth-order valence-corrected chi connectivity index (χ4v) is 4.08. The Morgan fingerprint density at radius 2 is 2.28 bits per heavy atom. The summed E-state index contributed by atoms with van der Waals surface area (Å²) in [6.07, 6.45) is 9.11. The second-order valence-electron chi connectivity index (χ2n) is 7.94. The number of nitroso groups, excluding NO2 is 1. The molecule has 170 valence electrons. The van der Waals surface area contributed by atoms with E-state index in [1.54, 1.807) is 17.2 Å². The number of likely N-dealkylation sites (tertiary alicyclic amines) is 1. The van der Waals surface area contributed by atoms with Gasteiger partial charge in [0, 0.05) is 30.6 Å². The molecule has 2 unspecified atom stereocenters. The Kier molecular flexibility index (Phi) is 6.88. The maximum Gasteiger partial charge on any atom is 0.257 e. The van der Waals surface area contributed by atoms with E-state index in [9.17, 15) is 9.70 Å². The molecule has 0 bridgehead atoms.